The second-order valence-corrected chi connectivity index (χ2v) is 7.24. The van der Waals surface area contributed by atoms with Crippen molar-refractivity contribution in [1.82, 2.24) is 10.2 Å². The Labute approximate surface area is 132 Å². The number of benzene rings is 1. The first kappa shape index (κ1) is 14.4. The van der Waals surface area contributed by atoms with Crippen LogP contribution in [0, 0.1) is 5.41 Å². The average Bonchev–Trinajstić information content (AvgIpc) is 2.70. The topological polar surface area (TPSA) is 32.3 Å². The van der Waals surface area contributed by atoms with Gasteiger partial charge >= 0.3 is 0 Å². The molecule has 0 aromatic heterocycles. The molecule has 0 aliphatic carbocycles. The Kier molecular flexibility index (Phi) is 4.07. The van der Waals surface area contributed by atoms with Crippen LogP contribution in [0.3, 0.4) is 0 Å². The third-order valence-corrected chi connectivity index (χ3v) is 5.29. The highest BCUT2D eigenvalue weighted by atomic mass is 79.9. The molecule has 0 saturated carbocycles. The molecular formula is C15H18BrClN2O. The molecule has 1 aromatic rings. The van der Waals surface area contributed by atoms with Crippen molar-refractivity contribution in [2.75, 3.05) is 19.6 Å². The average molecular weight is 358 g/mol. The van der Waals surface area contributed by atoms with Crippen LogP contribution in [-0.2, 0) is 11.3 Å². The monoisotopic (exact) mass is 356 g/mol. The highest BCUT2D eigenvalue weighted by Crippen LogP contribution is 2.40. The minimum atomic E-state index is 0.199. The number of hydrogen-bond acceptors (Lipinski definition) is 2. The van der Waals surface area contributed by atoms with E-state index in [1.807, 2.05) is 23.1 Å². The summed E-state index contributed by atoms with van der Waals surface area (Å²) in [5, 5.41) is 4.10. The van der Waals surface area contributed by atoms with E-state index in [-0.39, 0.29) is 11.3 Å². The van der Waals surface area contributed by atoms with Crippen molar-refractivity contribution in [3.63, 3.8) is 0 Å². The van der Waals surface area contributed by atoms with Gasteiger partial charge in [-0.15, -0.1) is 0 Å². The molecule has 0 bridgehead atoms. The lowest BCUT2D eigenvalue weighted by Crippen LogP contribution is -2.38. The van der Waals surface area contributed by atoms with Gasteiger partial charge in [-0.3, -0.25) is 4.79 Å². The van der Waals surface area contributed by atoms with E-state index in [0.29, 0.717) is 13.0 Å². The quantitative estimate of drug-likeness (QED) is 0.881. The van der Waals surface area contributed by atoms with Crippen molar-refractivity contribution < 1.29 is 4.79 Å². The summed E-state index contributed by atoms with van der Waals surface area (Å²) in [5.41, 5.74) is 1.22. The molecule has 1 spiro atoms. The smallest absolute Gasteiger partial charge is 0.223 e. The molecule has 5 heteroatoms. The van der Waals surface area contributed by atoms with Crippen LogP contribution < -0.4 is 5.32 Å². The van der Waals surface area contributed by atoms with Crippen LogP contribution in [0.5, 0.6) is 0 Å². The maximum absolute atomic E-state index is 12.3. The van der Waals surface area contributed by atoms with Gasteiger partial charge < -0.3 is 10.2 Å². The van der Waals surface area contributed by atoms with Crippen LogP contribution in [0.2, 0.25) is 5.02 Å². The third kappa shape index (κ3) is 2.87. The zero-order valence-electron chi connectivity index (χ0n) is 11.3. The summed E-state index contributed by atoms with van der Waals surface area (Å²) in [6.45, 7) is 3.56. The first-order valence-electron chi connectivity index (χ1n) is 7.00. The SMILES string of the molecule is O=C1CC2(CCNCC2)CN1Cc1ccc(Br)cc1Cl. The van der Waals surface area contributed by atoms with E-state index in [4.69, 9.17) is 11.6 Å². The number of halogens is 2. The first-order valence-corrected chi connectivity index (χ1v) is 8.18. The summed E-state index contributed by atoms with van der Waals surface area (Å²) in [4.78, 5) is 14.3. The summed E-state index contributed by atoms with van der Waals surface area (Å²) in [6.07, 6.45) is 2.90. The molecule has 3 nitrogen and oxygen atoms in total. The van der Waals surface area contributed by atoms with Gasteiger partial charge in [-0.2, -0.15) is 0 Å². The molecule has 20 heavy (non-hydrogen) atoms. The van der Waals surface area contributed by atoms with Crippen molar-refractivity contribution in [3.05, 3.63) is 33.3 Å². The lowest BCUT2D eigenvalue weighted by Gasteiger charge is -2.33. The fraction of sp³-hybridized carbons (Fsp3) is 0.533. The van der Waals surface area contributed by atoms with Crippen LogP contribution in [0.1, 0.15) is 24.8 Å². The molecule has 0 radical (unpaired) electrons. The van der Waals surface area contributed by atoms with Gasteiger partial charge in [0.25, 0.3) is 0 Å². The summed E-state index contributed by atoms with van der Waals surface area (Å²) >= 11 is 9.66. The Bertz CT molecular complexity index is 529. The maximum atomic E-state index is 12.3. The van der Waals surface area contributed by atoms with Crippen LogP contribution in [0.15, 0.2) is 22.7 Å². The minimum Gasteiger partial charge on any atom is -0.338 e. The molecule has 2 saturated heterocycles. The molecule has 2 aliphatic heterocycles. The summed E-state index contributed by atoms with van der Waals surface area (Å²) in [6, 6.07) is 5.85. The number of carbonyl (C=O) groups excluding carboxylic acids is 1. The van der Waals surface area contributed by atoms with Crippen molar-refractivity contribution in [2.24, 2.45) is 5.41 Å². The molecule has 3 rings (SSSR count). The highest BCUT2D eigenvalue weighted by molar-refractivity contribution is 9.10. The van der Waals surface area contributed by atoms with Crippen molar-refractivity contribution >= 4 is 33.4 Å². The van der Waals surface area contributed by atoms with E-state index in [9.17, 15) is 4.79 Å². The largest absolute Gasteiger partial charge is 0.338 e. The summed E-state index contributed by atoms with van der Waals surface area (Å²) < 4.78 is 0.967. The van der Waals surface area contributed by atoms with E-state index in [2.05, 4.69) is 21.2 Å². The summed E-state index contributed by atoms with van der Waals surface area (Å²) in [7, 11) is 0. The Balaban J connectivity index is 1.73. The second-order valence-electron chi connectivity index (χ2n) is 5.91. The van der Waals surface area contributed by atoms with Crippen LogP contribution >= 0.6 is 27.5 Å². The van der Waals surface area contributed by atoms with Crippen LogP contribution in [0.25, 0.3) is 0 Å². The number of amides is 1. The van der Waals surface area contributed by atoms with E-state index in [0.717, 1.165) is 47.5 Å². The molecule has 1 N–H and O–H groups in total. The zero-order valence-corrected chi connectivity index (χ0v) is 13.6. The number of likely N-dealkylation sites (tertiary alicyclic amines) is 1. The molecule has 108 valence electrons. The fourth-order valence-electron chi connectivity index (χ4n) is 3.27. The normalized spacial score (nSPS) is 21.7. The molecule has 2 fully saturated rings. The van der Waals surface area contributed by atoms with Crippen LogP contribution in [0.4, 0.5) is 0 Å². The van der Waals surface area contributed by atoms with E-state index in [1.54, 1.807) is 0 Å². The van der Waals surface area contributed by atoms with Gasteiger partial charge in [-0.1, -0.05) is 33.6 Å². The molecule has 0 atom stereocenters. The Morgan fingerprint density at radius 2 is 2.10 bits per heavy atom. The number of nitrogens with zero attached hydrogens (tertiary/aromatic N) is 1. The van der Waals surface area contributed by atoms with Crippen LogP contribution in [-0.4, -0.2) is 30.4 Å². The third-order valence-electron chi connectivity index (χ3n) is 4.45. The molecule has 1 amide bonds. The van der Waals surface area contributed by atoms with Gasteiger partial charge in [0, 0.05) is 29.0 Å². The van der Waals surface area contributed by atoms with Crippen molar-refractivity contribution in [3.8, 4) is 0 Å². The highest BCUT2D eigenvalue weighted by Gasteiger charge is 2.43. The number of rotatable bonds is 2. The molecule has 1 aromatic carbocycles. The van der Waals surface area contributed by atoms with Gasteiger partial charge in [-0.05, 0) is 49.0 Å². The number of piperidine rings is 1. The van der Waals surface area contributed by atoms with Gasteiger partial charge in [-0.25, -0.2) is 0 Å². The van der Waals surface area contributed by atoms with Crippen molar-refractivity contribution in [2.45, 2.75) is 25.8 Å². The standard InChI is InChI=1S/C15H18BrClN2O/c16-12-2-1-11(13(17)7-12)9-19-10-15(8-14(19)20)3-5-18-6-4-15/h1-2,7,18H,3-6,8-10H2. The molecule has 2 aliphatic rings. The number of hydrogen-bond donors (Lipinski definition) is 1. The lowest BCUT2D eigenvalue weighted by molar-refractivity contribution is -0.128. The molecule has 0 unspecified atom stereocenters. The molecular weight excluding hydrogens is 340 g/mol. The Morgan fingerprint density at radius 3 is 2.80 bits per heavy atom. The van der Waals surface area contributed by atoms with Gasteiger partial charge in [0.15, 0.2) is 0 Å². The first-order chi connectivity index (χ1) is 9.58. The van der Waals surface area contributed by atoms with E-state index in [1.165, 1.54) is 0 Å². The predicted molar refractivity (Wildman–Crippen MR) is 83.7 cm³/mol. The summed E-state index contributed by atoms with van der Waals surface area (Å²) in [5.74, 6) is 0.269. The van der Waals surface area contributed by atoms with E-state index < -0.39 is 0 Å². The molecule has 2 heterocycles. The van der Waals surface area contributed by atoms with E-state index >= 15 is 0 Å². The number of carbonyl (C=O) groups is 1. The van der Waals surface area contributed by atoms with Gasteiger partial charge in [0.2, 0.25) is 5.91 Å². The Morgan fingerprint density at radius 1 is 1.35 bits per heavy atom. The second kappa shape index (κ2) is 5.66. The fourth-order valence-corrected chi connectivity index (χ4v) is 4.01. The van der Waals surface area contributed by atoms with Gasteiger partial charge in [0.05, 0.1) is 0 Å². The lowest BCUT2D eigenvalue weighted by atomic mass is 9.78. The van der Waals surface area contributed by atoms with Gasteiger partial charge in [0.1, 0.15) is 0 Å². The Hall–Kier alpha value is -0.580. The zero-order chi connectivity index (χ0) is 14.2. The predicted octanol–water partition coefficient (Wildman–Crippen LogP) is 3.20. The minimum absolute atomic E-state index is 0.199. The number of nitrogens with one attached hydrogen (secondary N) is 1. The maximum Gasteiger partial charge on any atom is 0.223 e. The van der Waals surface area contributed by atoms with Crippen molar-refractivity contribution in [1.29, 1.82) is 0 Å².